The zero-order chi connectivity index (χ0) is 28.0. The minimum absolute atomic E-state index is 0.701. The lowest BCUT2D eigenvalue weighted by molar-refractivity contribution is -0.192. The van der Waals surface area contributed by atoms with Crippen molar-refractivity contribution < 1.29 is 32.5 Å². The number of carbonyl (C=O) groups is 1. The normalized spacial score (nSPS) is 11.0. The summed E-state index contributed by atoms with van der Waals surface area (Å²) >= 11 is 5.93. The molecule has 0 amide bonds. The van der Waals surface area contributed by atoms with Crippen LogP contribution in [0.15, 0.2) is 72.8 Å². The molecule has 206 valence electrons. The molecule has 10 heteroatoms. The third-order valence-electron chi connectivity index (χ3n) is 5.03. The average Bonchev–Trinajstić information content (AvgIpc) is 2.86. The van der Waals surface area contributed by atoms with Gasteiger partial charge in [-0.25, -0.2) is 4.79 Å². The molecular formula is C28H32ClF3N2O4. The molecule has 0 saturated heterocycles. The number of nitrogens with one attached hydrogen (secondary N) is 1. The van der Waals surface area contributed by atoms with Gasteiger partial charge in [-0.1, -0.05) is 35.9 Å². The van der Waals surface area contributed by atoms with E-state index in [-0.39, 0.29) is 0 Å². The number of nitrogens with zero attached hydrogens (tertiary/aromatic N) is 1. The van der Waals surface area contributed by atoms with Crippen molar-refractivity contribution in [3.8, 4) is 17.2 Å². The molecule has 0 bridgehead atoms. The van der Waals surface area contributed by atoms with Gasteiger partial charge in [-0.3, -0.25) is 0 Å². The van der Waals surface area contributed by atoms with Crippen molar-refractivity contribution in [3.05, 3.63) is 88.9 Å². The van der Waals surface area contributed by atoms with Crippen LogP contribution in [0.3, 0.4) is 0 Å². The highest BCUT2D eigenvalue weighted by Crippen LogP contribution is 2.24. The Bertz CT molecular complexity index is 1130. The van der Waals surface area contributed by atoms with E-state index in [9.17, 15) is 13.2 Å². The molecule has 0 saturated carbocycles. The number of benzene rings is 3. The standard InChI is InChI=1S/C26H31ClN2O2.C2HF3O2/c1-29(2)16-5-17-30-25-8-3-6-21(18-25)14-15-28-20-22-7-4-9-26(19-22)31-24-12-10-23(27)11-13-24;3-2(4,5)1(6)7/h3-4,6-13,18-19,28H,5,14-17,20H2,1-2H3;(H,6,7). The Balaban J connectivity index is 0.000000638. The SMILES string of the molecule is CN(C)CCCOc1cccc(CCNCc2cccc(Oc3ccc(Cl)cc3)c2)c1.O=C(O)C(F)(F)F. The molecule has 2 N–H and O–H groups in total. The molecule has 0 spiro atoms. The van der Waals surface area contributed by atoms with E-state index in [1.807, 2.05) is 42.5 Å². The number of aliphatic carboxylic acids is 1. The average molecular weight is 553 g/mol. The first kappa shape index (κ1) is 31.0. The first-order chi connectivity index (χ1) is 18.0. The van der Waals surface area contributed by atoms with Gasteiger partial charge in [-0.2, -0.15) is 13.2 Å². The summed E-state index contributed by atoms with van der Waals surface area (Å²) in [6.07, 6.45) is -3.10. The number of ether oxygens (including phenoxy) is 2. The summed E-state index contributed by atoms with van der Waals surface area (Å²) in [5.41, 5.74) is 2.46. The van der Waals surface area contributed by atoms with E-state index in [4.69, 9.17) is 31.0 Å². The molecule has 0 aliphatic carbocycles. The van der Waals surface area contributed by atoms with Crippen molar-refractivity contribution in [2.45, 2.75) is 25.6 Å². The Morgan fingerprint density at radius 3 is 2.18 bits per heavy atom. The molecule has 6 nitrogen and oxygen atoms in total. The van der Waals surface area contributed by atoms with Gasteiger partial charge in [0.1, 0.15) is 17.2 Å². The molecular weight excluding hydrogens is 521 g/mol. The Kier molecular flexibility index (Phi) is 12.9. The zero-order valence-electron chi connectivity index (χ0n) is 21.3. The van der Waals surface area contributed by atoms with Crippen molar-refractivity contribution >= 4 is 17.6 Å². The third-order valence-corrected chi connectivity index (χ3v) is 5.28. The highest BCUT2D eigenvalue weighted by molar-refractivity contribution is 6.30. The van der Waals surface area contributed by atoms with Gasteiger partial charge < -0.3 is 24.8 Å². The first-order valence-corrected chi connectivity index (χ1v) is 12.3. The van der Waals surface area contributed by atoms with E-state index >= 15 is 0 Å². The molecule has 0 aliphatic rings. The highest BCUT2D eigenvalue weighted by Gasteiger charge is 2.38. The summed E-state index contributed by atoms with van der Waals surface area (Å²) in [6.45, 7) is 3.47. The van der Waals surface area contributed by atoms with Crippen molar-refractivity contribution in [2.75, 3.05) is 33.8 Å². The van der Waals surface area contributed by atoms with E-state index in [0.29, 0.717) is 5.02 Å². The molecule has 0 aliphatic heterocycles. The summed E-state index contributed by atoms with van der Waals surface area (Å²) in [6, 6.07) is 23.9. The number of carboxylic acid groups (broad SMARTS) is 1. The van der Waals surface area contributed by atoms with Gasteiger partial charge in [-0.05, 0) is 93.1 Å². The van der Waals surface area contributed by atoms with E-state index in [2.05, 4.69) is 54.6 Å². The lowest BCUT2D eigenvalue weighted by atomic mass is 10.1. The van der Waals surface area contributed by atoms with Crippen LogP contribution in [0, 0.1) is 0 Å². The van der Waals surface area contributed by atoms with Crippen LogP contribution in [0.5, 0.6) is 17.2 Å². The van der Waals surface area contributed by atoms with Crippen LogP contribution in [0.4, 0.5) is 13.2 Å². The van der Waals surface area contributed by atoms with E-state index < -0.39 is 12.1 Å². The van der Waals surface area contributed by atoms with Crippen LogP contribution < -0.4 is 14.8 Å². The number of halogens is 4. The number of rotatable bonds is 12. The Hall–Kier alpha value is -3.27. The second-order valence-corrected chi connectivity index (χ2v) is 9.02. The van der Waals surface area contributed by atoms with Gasteiger partial charge >= 0.3 is 12.1 Å². The van der Waals surface area contributed by atoms with Gasteiger partial charge in [-0.15, -0.1) is 0 Å². The van der Waals surface area contributed by atoms with Gasteiger partial charge in [0.25, 0.3) is 0 Å². The molecule has 0 radical (unpaired) electrons. The largest absolute Gasteiger partial charge is 0.494 e. The minimum Gasteiger partial charge on any atom is -0.494 e. The van der Waals surface area contributed by atoms with Crippen molar-refractivity contribution in [3.63, 3.8) is 0 Å². The maximum atomic E-state index is 10.6. The number of alkyl halides is 3. The Labute approximate surface area is 225 Å². The van der Waals surface area contributed by atoms with Gasteiger partial charge in [0, 0.05) is 18.1 Å². The molecule has 38 heavy (non-hydrogen) atoms. The maximum absolute atomic E-state index is 10.6. The maximum Gasteiger partial charge on any atom is 0.490 e. The predicted molar refractivity (Wildman–Crippen MR) is 142 cm³/mol. The van der Waals surface area contributed by atoms with E-state index in [0.717, 1.165) is 56.3 Å². The van der Waals surface area contributed by atoms with Crippen LogP contribution in [-0.2, 0) is 17.8 Å². The van der Waals surface area contributed by atoms with Crippen molar-refractivity contribution in [1.29, 1.82) is 0 Å². The summed E-state index contributed by atoms with van der Waals surface area (Å²) in [4.78, 5) is 11.1. The molecule has 3 rings (SSSR count). The van der Waals surface area contributed by atoms with Crippen LogP contribution in [0.25, 0.3) is 0 Å². The number of carboxylic acids is 1. The van der Waals surface area contributed by atoms with Crippen molar-refractivity contribution in [1.82, 2.24) is 10.2 Å². The van der Waals surface area contributed by atoms with Gasteiger partial charge in [0.2, 0.25) is 0 Å². The molecule has 3 aromatic carbocycles. The molecule has 0 heterocycles. The highest BCUT2D eigenvalue weighted by atomic mass is 35.5. The zero-order valence-corrected chi connectivity index (χ0v) is 22.1. The van der Waals surface area contributed by atoms with Gasteiger partial charge in [0.15, 0.2) is 0 Å². The quantitative estimate of drug-likeness (QED) is 0.252. The Morgan fingerprint density at radius 1 is 0.947 bits per heavy atom. The molecule has 0 fully saturated rings. The topological polar surface area (TPSA) is 71.0 Å². The molecule has 0 unspecified atom stereocenters. The number of hydrogen-bond donors (Lipinski definition) is 2. The molecule has 0 aromatic heterocycles. The fourth-order valence-electron chi connectivity index (χ4n) is 3.18. The summed E-state index contributed by atoms with van der Waals surface area (Å²) < 4.78 is 43.5. The monoisotopic (exact) mass is 552 g/mol. The van der Waals surface area contributed by atoms with E-state index in [1.54, 1.807) is 0 Å². The van der Waals surface area contributed by atoms with E-state index in [1.165, 1.54) is 11.1 Å². The number of hydrogen-bond acceptors (Lipinski definition) is 5. The minimum atomic E-state index is -5.08. The predicted octanol–water partition coefficient (Wildman–Crippen LogP) is 6.43. The van der Waals surface area contributed by atoms with Crippen molar-refractivity contribution in [2.24, 2.45) is 0 Å². The second kappa shape index (κ2) is 15.9. The molecule has 0 atom stereocenters. The van der Waals surface area contributed by atoms with Crippen LogP contribution in [-0.4, -0.2) is 55.9 Å². The summed E-state index contributed by atoms with van der Waals surface area (Å²) in [5.74, 6) is -0.213. The van der Waals surface area contributed by atoms with Crippen LogP contribution in [0.1, 0.15) is 17.5 Å². The molecule has 3 aromatic rings. The van der Waals surface area contributed by atoms with Crippen LogP contribution >= 0.6 is 11.6 Å². The van der Waals surface area contributed by atoms with Gasteiger partial charge in [0.05, 0.1) is 6.61 Å². The first-order valence-electron chi connectivity index (χ1n) is 11.9. The summed E-state index contributed by atoms with van der Waals surface area (Å²) in [5, 5.41) is 11.3. The smallest absolute Gasteiger partial charge is 0.490 e. The lowest BCUT2D eigenvalue weighted by Crippen LogP contribution is -2.21. The summed E-state index contributed by atoms with van der Waals surface area (Å²) in [7, 11) is 4.16. The fourth-order valence-corrected chi connectivity index (χ4v) is 3.31. The van der Waals surface area contributed by atoms with Crippen LogP contribution in [0.2, 0.25) is 5.02 Å². The lowest BCUT2D eigenvalue weighted by Gasteiger charge is -2.11. The fraction of sp³-hybridized carbons (Fsp3) is 0.321. The Morgan fingerprint density at radius 2 is 1.55 bits per heavy atom. The second-order valence-electron chi connectivity index (χ2n) is 8.59. The third kappa shape index (κ3) is 12.8.